The molecule has 9 rings (SSSR count). The second-order valence-corrected chi connectivity index (χ2v) is 15.5. The molecule has 54 heavy (non-hydrogen) atoms. The fourth-order valence-corrected chi connectivity index (χ4v) is 8.67. The van der Waals surface area contributed by atoms with E-state index in [2.05, 4.69) is 133 Å². The minimum Gasteiger partial charge on any atom is -0.304 e. The molecule has 0 aliphatic heterocycles. The standard InChI is InChI=1S/C48H40BrN4.Ir/c1-30-23-31(2)25-40(24-30)41-13-7-8-14-42(41)43-21-19-36(28-44(43)49)45-22-20-39(29-50-45)48-52-46(37-17-15-32-9-3-5-11-34(32)26-37)51-47(53-48)38-18-16-33-10-4-6-12-35(33)27-38;/h7-8,13-18,20-29H,3-6,9-12H2,1-2H3;/q-1;. The van der Waals surface area contributed by atoms with Crippen molar-refractivity contribution in [2.24, 2.45) is 0 Å². The number of halogens is 1. The summed E-state index contributed by atoms with van der Waals surface area (Å²) in [7, 11) is 0. The largest absolute Gasteiger partial charge is 0.304 e. The molecule has 0 atom stereocenters. The first-order valence-corrected chi connectivity index (χ1v) is 19.6. The molecule has 0 amide bonds. The number of nitrogens with zero attached hydrogens (tertiary/aromatic N) is 4. The van der Waals surface area contributed by atoms with Gasteiger partial charge in [-0.2, -0.15) is 0 Å². The predicted molar refractivity (Wildman–Crippen MR) is 220 cm³/mol. The van der Waals surface area contributed by atoms with Crippen LogP contribution in [0.4, 0.5) is 0 Å². The van der Waals surface area contributed by atoms with Crippen LogP contribution in [0.2, 0.25) is 0 Å². The second kappa shape index (κ2) is 15.6. The second-order valence-electron chi connectivity index (χ2n) is 14.6. The quantitative estimate of drug-likeness (QED) is 0.156. The van der Waals surface area contributed by atoms with E-state index in [1.807, 2.05) is 12.3 Å². The van der Waals surface area contributed by atoms with E-state index in [1.165, 1.54) is 70.2 Å². The average Bonchev–Trinajstić information content (AvgIpc) is 3.20. The monoisotopic (exact) mass is 944 g/mol. The molecule has 2 aliphatic carbocycles. The van der Waals surface area contributed by atoms with Crippen LogP contribution in [0.5, 0.6) is 0 Å². The van der Waals surface area contributed by atoms with Crippen molar-refractivity contribution in [1.82, 2.24) is 19.9 Å². The Balaban J connectivity index is 0.00000413. The van der Waals surface area contributed by atoms with E-state index in [0.717, 1.165) is 69.2 Å². The molecule has 1 radical (unpaired) electrons. The number of hydrogen-bond acceptors (Lipinski definition) is 4. The SMILES string of the molecule is Cc1cc(C)cc(-c2ccccc2-c2c[c-]c(-c3ccc(-c4nc(-c5ccc6c(c5)CCCC6)nc(-c5ccc6c(c5)CCCC6)n4)cn3)cc2Br)c1.[Ir]. The Morgan fingerprint density at radius 1 is 0.519 bits per heavy atom. The molecule has 2 aromatic heterocycles. The molecule has 6 heteroatoms. The Morgan fingerprint density at radius 3 is 1.61 bits per heavy atom. The molecule has 0 bridgehead atoms. The summed E-state index contributed by atoms with van der Waals surface area (Å²) in [6.45, 7) is 4.30. The zero-order valence-electron chi connectivity index (χ0n) is 30.5. The van der Waals surface area contributed by atoms with E-state index < -0.39 is 0 Å². The number of hydrogen-bond donors (Lipinski definition) is 0. The van der Waals surface area contributed by atoms with Crippen LogP contribution in [-0.4, -0.2) is 19.9 Å². The van der Waals surface area contributed by atoms with Crippen molar-refractivity contribution in [3.05, 3.63) is 153 Å². The molecule has 7 aromatic rings. The van der Waals surface area contributed by atoms with E-state index in [-0.39, 0.29) is 20.1 Å². The van der Waals surface area contributed by atoms with Crippen molar-refractivity contribution in [3.63, 3.8) is 0 Å². The van der Waals surface area contributed by atoms with Gasteiger partial charge in [0.2, 0.25) is 0 Å². The molecule has 0 N–H and O–H groups in total. The number of rotatable bonds is 6. The Bertz CT molecular complexity index is 2410. The van der Waals surface area contributed by atoms with Gasteiger partial charge in [0.15, 0.2) is 17.5 Å². The van der Waals surface area contributed by atoms with Gasteiger partial charge in [0.25, 0.3) is 0 Å². The Kier molecular flexibility index (Phi) is 10.5. The van der Waals surface area contributed by atoms with Crippen LogP contribution in [0.25, 0.3) is 67.7 Å². The summed E-state index contributed by atoms with van der Waals surface area (Å²) in [6, 6.07) is 40.6. The van der Waals surface area contributed by atoms with Crippen LogP contribution in [-0.2, 0) is 45.8 Å². The van der Waals surface area contributed by atoms with Gasteiger partial charge in [0.1, 0.15) is 0 Å². The Hall–Kier alpha value is -4.61. The maximum absolute atomic E-state index is 5.09. The molecule has 4 nitrogen and oxygen atoms in total. The normalized spacial score (nSPS) is 13.5. The summed E-state index contributed by atoms with van der Waals surface area (Å²) < 4.78 is 0.996. The third kappa shape index (κ3) is 7.40. The topological polar surface area (TPSA) is 51.6 Å². The molecule has 0 fully saturated rings. The summed E-state index contributed by atoms with van der Waals surface area (Å²) in [4.78, 5) is 20.1. The van der Waals surface area contributed by atoms with E-state index in [9.17, 15) is 0 Å². The van der Waals surface area contributed by atoms with Gasteiger partial charge in [0, 0.05) is 43.0 Å². The van der Waals surface area contributed by atoms with Gasteiger partial charge < -0.3 is 4.98 Å². The summed E-state index contributed by atoms with van der Waals surface area (Å²) in [6.07, 6.45) is 11.4. The van der Waals surface area contributed by atoms with Crippen molar-refractivity contribution in [1.29, 1.82) is 0 Å². The van der Waals surface area contributed by atoms with Gasteiger partial charge in [0.05, 0.1) is 0 Å². The molecule has 5 aromatic carbocycles. The van der Waals surface area contributed by atoms with Crippen molar-refractivity contribution >= 4 is 15.9 Å². The first kappa shape index (κ1) is 36.4. The molecular formula is C48H40BrIrN4-. The molecule has 0 saturated carbocycles. The summed E-state index contributed by atoms with van der Waals surface area (Å²) >= 11 is 3.90. The minimum absolute atomic E-state index is 0. The maximum atomic E-state index is 5.09. The molecule has 2 aliphatic rings. The van der Waals surface area contributed by atoms with Crippen LogP contribution in [0.1, 0.15) is 59.1 Å². The third-order valence-corrected chi connectivity index (χ3v) is 11.5. The number of pyridine rings is 1. The molecule has 269 valence electrons. The van der Waals surface area contributed by atoms with Crippen molar-refractivity contribution in [2.45, 2.75) is 65.2 Å². The van der Waals surface area contributed by atoms with E-state index >= 15 is 0 Å². The molecule has 0 saturated heterocycles. The van der Waals surface area contributed by atoms with E-state index in [0.29, 0.717) is 17.5 Å². The molecule has 2 heterocycles. The molecule has 0 spiro atoms. The van der Waals surface area contributed by atoms with Gasteiger partial charge in [-0.3, -0.25) is 0 Å². The van der Waals surface area contributed by atoms with Crippen LogP contribution in [0, 0.1) is 19.9 Å². The van der Waals surface area contributed by atoms with Crippen LogP contribution < -0.4 is 0 Å². The van der Waals surface area contributed by atoms with Crippen molar-refractivity contribution < 1.29 is 20.1 Å². The van der Waals surface area contributed by atoms with Gasteiger partial charge >= 0.3 is 0 Å². The van der Waals surface area contributed by atoms with Gasteiger partial charge in [-0.1, -0.05) is 122 Å². The van der Waals surface area contributed by atoms with Crippen LogP contribution >= 0.6 is 15.9 Å². The number of aryl methyl sites for hydroxylation is 6. The first-order valence-electron chi connectivity index (χ1n) is 18.8. The fourth-order valence-electron chi connectivity index (χ4n) is 8.11. The van der Waals surface area contributed by atoms with E-state index in [1.54, 1.807) is 0 Å². The van der Waals surface area contributed by atoms with Gasteiger partial charge in [-0.15, -0.1) is 23.8 Å². The minimum atomic E-state index is 0. The van der Waals surface area contributed by atoms with Crippen molar-refractivity contribution in [2.75, 3.05) is 0 Å². The smallest absolute Gasteiger partial charge is 0.165 e. The van der Waals surface area contributed by atoms with Crippen LogP contribution in [0.3, 0.4) is 0 Å². The number of fused-ring (bicyclic) bond motifs is 2. The average molecular weight is 945 g/mol. The van der Waals surface area contributed by atoms with Crippen LogP contribution in [0.15, 0.2) is 114 Å². The zero-order chi connectivity index (χ0) is 35.9. The third-order valence-electron chi connectivity index (χ3n) is 10.8. The molecule has 0 unspecified atom stereocenters. The molecular weight excluding hydrogens is 905 g/mol. The summed E-state index contributed by atoms with van der Waals surface area (Å²) in [5, 5.41) is 0. The predicted octanol–water partition coefficient (Wildman–Crippen LogP) is 12.2. The Morgan fingerprint density at radius 2 is 1.06 bits per heavy atom. The van der Waals surface area contributed by atoms with Gasteiger partial charge in [-0.25, -0.2) is 15.0 Å². The van der Waals surface area contributed by atoms with E-state index in [4.69, 9.17) is 19.9 Å². The van der Waals surface area contributed by atoms with Gasteiger partial charge in [-0.05, 0) is 116 Å². The van der Waals surface area contributed by atoms with Crippen molar-refractivity contribution in [3.8, 4) is 67.7 Å². The Labute approximate surface area is 340 Å². The number of benzene rings is 5. The number of aromatic nitrogens is 4. The summed E-state index contributed by atoms with van der Waals surface area (Å²) in [5.74, 6) is 2.03. The first-order chi connectivity index (χ1) is 25.9. The summed E-state index contributed by atoms with van der Waals surface area (Å²) in [5.41, 5.74) is 17.6. The fraction of sp³-hybridized carbons (Fsp3) is 0.208. The maximum Gasteiger partial charge on any atom is 0.165 e. The zero-order valence-corrected chi connectivity index (χ0v) is 34.5.